The van der Waals surface area contributed by atoms with Gasteiger partial charge in [0.05, 0.1) is 28.6 Å². The Kier molecular flexibility index (Phi) is 7.02. The second-order valence-electron chi connectivity index (χ2n) is 7.40. The van der Waals surface area contributed by atoms with E-state index < -0.39 is 9.84 Å². The number of nitrogens with one attached hydrogen (secondary N) is 1. The van der Waals surface area contributed by atoms with Crippen LogP contribution in [0.5, 0.6) is 0 Å². The predicted octanol–water partition coefficient (Wildman–Crippen LogP) is 1.98. The van der Waals surface area contributed by atoms with Crippen LogP contribution < -0.4 is 5.32 Å². The minimum atomic E-state index is -2.96. The van der Waals surface area contributed by atoms with Gasteiger partial charge in [-0.25, -0.2) is 13.4 Å². The molecule has 10 heteroatoms. The molecule has 2 aliphatic heterocycles. The van der Waals surface area contributed by atoms with E-state index in [1.54, 1.807) is 0 Å². The molecular formula is C18H26Cl2N4O3S. The topological polar surface area (TPSA) is 84.3 Å². The van der Waals surface area contributed by atoms with Crippen molar-refractivity contribution in [3.05, 3.63) is 29.6 Å². The maximum atomic E-state index is 12.8. The summed E-state index contributed by atoms with van der Waals surface area (Å²) in [4.78, 5) is 19.3. The third-order valence-electron chi connectivity index (χ3n) is 5.34. The maximum absolute atomic E-state index is 12.8. The van der Waals surface area contributed by atoms with Crippen molar-refractivity contribution in [2.24, 2.45) is 0 Å². The lowest BCUT2D eigenvalue weighted by Gasteiger charge is -2.32. The van der Waals surface area contributed by atoms with Crippen LogP contribution in [-0.2, 0) is 9.84 Å². The molecule has 0 radical (unpaired) electrons. The molecule has 3 heterocycles. The summed E-state index contributed by atoms with van der Waals surface area (Å²) < 4.78 is 25.7. The lowest BCUT2D eigenvalue weighted by atomic mass is 10.1. The molecule has 2 unspecified atom stereocenters. The summed E-state index contributed by atoms with van der Waals surface area (Å²) in [6.45, 7) is 6.17. The number of carbonyl (C=O) groups is 1. The second kappa shape index (κ2) is 8.57. The molecule has 0 spiro atoms. The van der Waals surface area contributed by atoms with Gasteiger partial charge in [0.15, 0.2) is 9.84 Å². The van der Waals surface area contributed by atoms with Gasteiger partial charge < -0.3 is 14.8 Å². The van der Waals surface area contributed by atoms with Gasteiger partial charge in [-0.15, -0.1) is 24.8 Å². The normalized spacial score (nSPS) is 23.9. The van der Waals surface area contributed by atoms with Crippen LogP contribution in [0.3, 0.4) is 0 Å². The van der Waals surface area contributed by atoms with Crippen molar-refractivity contribution in [3.63, 3.8) is 0 Å². The molecule has 1 aromatic carbocycles. The van der Waals surface area contributed by atoms with Gasteiger partial charge in [-0.2, -0.15) is 0 Å². The number of piperazine rings is 1. The number of imidazole rings is 1. The summed E-state index contributed by atoms with van der Waals surface area (Å²) >= 11 is 0. The van der Waals surface area contributed by atoms with Crippen LogP contribution in [0.25, 0.3) is 11.0 Å². The van der Waals surface area contributed by atoms with Crippen LogP contribution in [-0.4, -0.2) is 66.0 Å². The molecule has 0 bridgehead atoms. The predicted molar refractivity (Wildman–Crippen MR) is 115 cm³/mol. The monoisotopic (exact) mass is 448 g/mol. The molecule has 2 aromatic rings. The van der Waals surface area contributed by atoms with Gasteiger partial charge in [-0.3, -0.25) is 4.79 Å². The first-order valence-electron chi connectivity index (χ1n) is 9.06. The van der Waals surface area contributed by atoms with E-state index in [9.17, 15) is 13.2 Å². The third kappa shape index (κ3) is 4.30. The number of benzene rings is 1. The molecule has 28 heavy (non-hydrogen) atoms. The molecule has 1 aromatic heterocycles. The first-order chi connectivity index (χ1) is 12.3. The summed E-state index contributed by atoms with van der Waals surface area (Å²) in [7, 11) is -2.96. The lowest BCUT2D eigenvalue weighted by molar-refractivity contribution is 0.0709. The summed E-state index contributed by atoms with van der Waals surface area (Å²) in [5, 5.41) is 3.34. The second-order valence-corrected chi connectivity index (χ2v) is 9.62. The summed E-state index contributed by atoms with van der Waals surface area (Å²) in [6, 6.07) is 5.79. The Morgan fingerprint density at radius 3 is 2.68 bits per heavy atom. The Morgan fingerprint density at radius 1 is 1.29 bits per heavy atom. The van der Waals surface area contributed by atoms with E-state index in [-0.39, 0.29) is 48.3 Å². The molecule has 7 nitrogen and oxygen atoms in total. The Morgan fingerprint density at radius 2 is 2.04 bits per heavy atom. The average molecular weight is 449 g/mol. The number of sulfone groups is 1. The number of rotatable bonds is 2. The zero-order chi connectivity index (χ0) is 18.5. The van der Waals surface area contributed by atoms with E-state index in [4.69, 9.17) is 0 Å². The van der Waals surface area contributed by atoms with Crippen molar-refractivity contribution in [3.8, 4) is 0 Å². The molecule has 1 N–H and O–H groups in total. The molecule has 0 saturated carbocycles. The van der Waals surface area contributed by atoms with Crippen molar-refractivity contribution >= 4 is 51.6 Å². The van der Waals surface area contributed by atoms with Crippen molar-refractivity contribution in [2.45, 2.75) is 32.4 Å². The molecule has 2 aliphatic rings. The fraction of sp³-hybridized carbons (Fsp3) is 0.556. The maximum Gasteiger partial charge on any atom is 0.254 e. The van der Waals surface area contributed by atoms with Gasteiger partial charge in [0.25, 0.3) is 5.91 Å². The van der Waals surface area contributed by atoms with Gasteiger partial charge in [0.1, 0.15) is 5.82 Å². The van der Waals surface area contributed by atoms with E-state index in [2.05, 4.69) is 17.2 Å². The van der Waals surface area contributed by atoms with E-state index in [1.807, 2.05) is 34.6 Å². The minimum Gasteiger partial charge on any atom is -0.336 e. The average Bonchev–Trinajstić information content (AvgIpc) is 3.11. The zero-order valence-electron chi connectivity index (χ0n) is 15.9. The number of amides is 1. The minimum absolute atomic E-state index is 0. The van der Waals surface area contributed by atoms with Gasteiger partial charge in [0.2, 0.25) is 0 Å². The van der Waals surface area contributed by atoms with Crippen LogP contribution in [0.1, 0.15) is 35.6 Å². The Balaban J connectivity index is 0.00000140. The number of fused-ring (bicyclic) bond motifs is 1. The van der Waals surface area contributed by atoms with Crippen LogP contribution in [0, 0.1) is 6.92 Å². The first kappa shape index (κ1) is 22.9. The fourth-order valence-corrected chi connectivity index (χ4v) is 5.79. The molecule has 1 amide bonds. The zero-order valence-corrected chi connectivity index (χ0v) is 18.4. The number of nitrogens with zero attached hydrogens (tertiary/aromatic N) is 3. The molecule has 2 saturated heterocycles. The van der Waals surface area contributed by atoms with E-state index >= 15 is 0 Å². The standard InChI is InChI=1S/C18H24N4O3S.2ClH/c1-12-10-21(7-6-19-12)18(23)14-3-4-17-16(9-14)20-13(2)22(17)15-5-8-26(24,25)11-15;;/h3-4,9,12,15,19H,5-8,10-11H2,1-2H3;2*1H. The SMILES string of the molecule is Cc1nc2cc(C(=O)N3CCNC(C)C3)ccc2n1C1CCS(=O)(=O)C1.Cl.Cl. The summed E-state index contributed by atoms with van der Waals surface area (Å²) in [6.07, 6.45) is 0.619. The number of hydrogen-bond donors (Lipinski definition) is 1. The van der Waals surface area contributed by atoms with Gasteiger partial charge in [0, 0.05) is 31.2 Å². The van der Waals surface area contributed by atoms with Crippen molar-refractivity contribution in [1.82, 2.24) is 19.8 Å². The molecular weight excluding hydrogens is 423 g/mol. The van der Waals surface area contributed by atoms with Crippen molar-refractivity contribution < 1.29 is 13.2 Å². The smallest absolute Gasteiger partial charge is 0.254 e. The molecule has 2 fully saturated rings. The quantitative estimate of drug-likeness (QED) is 0.758. The number of halogens is 2. The molecule has 0 aliphatic carbocycles. The Hall–Kier alpha value is -1.35. The van der Waals surface area contributed by atoms with Crippen molar-refractivity contribution in [2.75, 3.05) is 31.1 Å². The summed E-state index contributed by atoms with van der Waals surface area (Å²) in [5.41, 5.74) is 2.28. The molecule has 2 atom stereocenters. The van der Waals surface area contributed by atoms with Gasteiger partial charge in [-0.05, 0) is 38.5 Å². The summed E-state index contributed by atoms with van der Waals surface area (Å²) in [5.74, 6) is 1.21. The van der Waals surface area contributed by atoms with Gasteiger partial charge >= 0.3 is 0 Å². The third-order valence-corrected chi connectivity index (χ3v) is 7.09. The largest absolute Gasteiger partial charge is 0.336 e. The highest BCUT2D eigenvalue weighted by Crippen LogP contribution is 2.29. The van der Waals surface area contributed by atoms with Crippen molar-refractivity contribution in [1.29, 1.82) is 0 Å². The Bertz CT molecular complexity index is 977. The Labute approximate surface area is 177 Å². The first-order valence-corrected chi connectivity index (χ1v) is 10.9. The lowest BCUT2D eigenvalue weighted by Crippen LogP contribution is -2.51. The number of hydrogen-bond acceptors (Lipinski definition) is 5. The number of aromatic nitrogens is 2. The van der Waals surface area contributed by atoms with E-state index in [0.717, 1.165) is 23.4 Å². The van der Waals surface area contributed by atoms with Crippen LogP contribution in [0.4, 0.5) is 0 Å². The van der Waals surface area contributed by atoms with Crippen LogP contribution in [0.15, 0.2) is 18.2 Å². The van der Waals surface area contributed by atoms with E-state index in [1.165, 1.54) is 0 Å². The van der Waals surface area contributed by atoms with Crippen LogP contribution >= 0.6 is 24.8 Å². The fourth-order valence-electron chi connectivity index (χ4n) is 4.09. The highest BCUT2D eigenvalue weighted by molar-refractivity contribution is 7.91. The molecule has 156 valence electrons. The molecule has 4 rings (SSSR count). The van der Waals surface area contributed by atoms with Crippen LogP contribution in [0.2, 0.25) is 0 Å². The van der Waals surface area contributed by atoms with E-state index in [0.29, 0.717) is 31.1 Å². The number of aryl methyl sites for hydroxylation is 1. The highest BCUT2D eigenvalue weighted by atomic mass is 35.5. The number of carbonyl (C=O) groups excluding carboxylic acids is 1. The van der Waals surface area contributed by atoms with Gasteiger partial charge in [-0.1, -0.05) is 0 Å². The highest BCUT2D eigenvalue weighted by Gasteiger charge is 2.31.